The maximum absolute atomic E-state index is 5.98. The molecule has 0 aromatic rings. The minimum atomic E-state index is -0.486. The summed E-state index contributed by atoms with van der Waals surface area (Å²) in [7, 11) is 9.21. The van der Waals surface area contributed by atoms with Crippen LogP contribution < -0.4 is 0 Å². The molecule has 2 aliphatic heterocycles. The molecule has 1 aliphatic carbocycles. The van der Waals surface area contributed by atoms with Gasteiger partial charge in [-0.3, -0.25) is 0 Å². The van der Waals surface area contributed by atoms with Crippen molar-refractivity contribution in [3.63, 3.8) is 0 Å². The first-order valence-electron chi connectivity index (χ1n) is 5.32. The largest absolute Gasteiger partial charge is 0.381 e. The number of hydrogen-bond donors (Lipinski definition) is 0. The summed E-state index contributed by atoms with van der Waals surface area (Å²) in [5, 5.41) is 0. The second-order valence-corrected chi connectivity index (χ2v) is 4.64. The predicted octanol–water partition coefficient (Wildman–Crippen LogP) is -0.157. The smallest absolute Gasteiger partial charge is 0.148 e. The monoisotopic (exact) mass is 210 g/mol. The highest BCUT2D eigenvalue weighted by atomic mass is 16.7. The van der Waals surface area contributed by atoms with Gasteiger partial charge in [-0.2, -0.15) is 0 Å². The number of fused-ring (bicyclic) bond motifs is 3. The lowest BCUT2D eigenvalue weighted by atomic mass is 9.89. The van der Waals surface area contributed by atoms with Gasteiger partial charge in [-0.15, -0.1) is 0 Å². The molecule has 3 unspecified atom stereocenters. The molecule has 3 fully saturated rings. The highest BCUT2D eigenvalue weighted by Gasteiger charge is 2.77. The maximum atomic E-state index is 5.98. The molecule has 0 aromatic carbocycles. The molecule has 3 rings (SSSR count). The fraction of sp³-hybridized carbons (Fsp3) is 1.00. The van der Waals surface area contributed by atoms with E-state index in [1.54, 1.807) is 14.2 Å². The van der Waals surface area contributed by atoms with Crippen LogP contribution in [0.2, 0.25) is 0 Å². The van der Waals surface area contributed by atoms with Crippen LogP contribution in [0.15, 0.2) is 0 Å². The van der Waals surface area contributed by atoms with Crippen molar-refractivity contribution in [2.75, 3.05) is 20.8 Å². The minimum absolute atomic E-state index is 0.102. The molecule has 2 bridgehead atoms. The van der Waals surface area contributed by atoms with Crippen LogP contribution in [-0.4, -0.2) is 58.1 Å². The van der Waals surface area contributed by atoms with Crippen molar-refractivity contribution in [3.8, 4) is 0 Å². The summed E-state index contributed by atoms with van der Waals surface area (Å²) < 4.78 is 22.6. The van der Waals surface area contributed by atoms with Crippen molar-refractivity contribution in [3.05, 3.63) is 0 Å². The SMILES string of the molecule is [B]C1OC2(COC)[C@H](OC)C1OC21CC1. The average Bonchev–Trinajstić information content (AvgIpc) is 2.85. The average molecular weight is 210 g/mol. The molecule has 2 saturated heterocycles. The first kappa shape index (κ1) is 10.1. The summed E-state index contributed by atoms with van der Waals surface area (Å²) in [4.78, 5) is 0. The van der Waals surface area contributed by atoms with E-state index in [2.05, 4.69) is 0 Å². The lowest BCUT2D eigenvalue weighted by molar-refractivity contribution is -0.197. The zero-order valence-electron chi connectivity index (χ0n) is 9.06. The summed E-state index contributed by atoms with van der Waals surface area (Å²) in [6.45, 7) is 0.482. The van der Waals surface area contributed by atoms with Crippen LogP contribution >= 0.6 is 0 Å². The molecule has 82 valence electrons. The van der Waals surface area contributed by atoms with Gasteiger partial charge in [-0.25, -0.2) is 0 Å². The third kappa shape index (κ3) is 1.02. The Morgan fingerprint density at radius 2 is 2.07 bits per heavy atom. The summed E-state index contributed by atoms with van der Waals surface area (Å²) in [6, 6.07) is -0.392. The lowest BCUT2D eigenvalue weighted by Crippen LogP contribution is -2.53. The Kier molecular flexibility index (Phi) is 2.00. The summed E-state index contributed by atoms with van der Waals surface area (Å²) >= 11 is 0. The lowest BCUT2D eigenvalue weighted by Gasteiger charge is -2.37. The molecule has 4 nitrogen and oxygen atoms in total. The van der Waals surface area contributed by atoms with E-state index in [1.807, 2.05) is 0 Å². The fourth-order valence-electron chi connectivity index (χ4n) is 3.11. The van der Waals surface area contributed by atoms with Gasteiger partial charge < -0.3 is 18.9 Å². The van der Waals surface area contributed by atoms with Crippen molar-refractivity contribution in [2.24, 2.45) is 0 Å². The Bertz CT molecular complexity index is 281. The second kappa shape index (κ2) is 2.97. The van der Waals surface area contributed by atoms with E-state index in [0.29, 0.717) is 6.61 Å². The van der Waals surface area contributed by atoms with Crippen molar-refractivity contribution >= 4 is 7.85 Å². The van der Waals surface area contributed by atoms with Gasteiger partial charge in [0.1, 0.15) is 31.3 Å². The zero-order chi connectivity index (χ0) is 10.7. The van der Waals surface area contributed by atoms with E-state index in [9.17, 15) is 0 Å². The Morgan fingerprint density at radius 3 is 2.60 bits per heavy atom. The fourth-order valence-corrected chi connectivity index (χ4v) is 3.11. The van der Waals surface area contributed by atoms with Crippen LogP contribution in [-0.2, 0) is 18.9 Å². The minimum Gasteiger partial charge on any atom is -0.381 e. The van der Waals surface area contributed by atoms with Gasteiger partial charge in [0.25, 0.3) is 0 Å². The quantitative estimate of drug-likeness (QED) is 0.606. The molecule has 2 heterocycles. The molecule has 1 spiro atoms. The van der Waals surface area contributed by atoms with Gasteiger partial charge in [-0.1, -0.05) is 0 Å². The molecule has 4 atom stereocenters. The summed E-state index contributed by atoms with van der Waals surface area (Å²) in [6.07, 6.45) is 1.78. The molecular weight excluding hydrogens is 195 g/mol. The van der Waals surface area contributed by atoms with Crippen LogP contribution in [0.3, 0.4) is 0 Å². The van der Waals surface area contributed by atoms with Gasteiger partial charge in [0.15, 0.2) is 0 Å². The van der Waals surface area contributed by atoms with E-state index in [1.165, 1.54) is 0 Å². The Balaban J connectivity index is 1.97. The summed E-state index contributed by atoms with van der Waals surface area (Å²) in [5.41, 5.74) is -0.676. The predicted molar refractivity (Wildman–Crippen MR) is 52.9 cm³/mol. The van der Waals surface area contributed by atoms with Crippen molar-refractivity contribution < 1.29 is 18.9 Å². The van der Waals surface area contributed by atoms with Crippen LogP contribution in [0.5, 0.6) is 0 Å². The Morgan fingerprint density at radius 1 is 1.33 bits per heavy atom. The highest BCUT2D eigenvalue weighted by molar-refractivity contribution is 6.12. The number of methoxy groups -OCH3 is 2. The zero-order valence-corrected chi connectivity index (χ0v) is 9.06. The molecule has 5 heteroatoms. The van der Waals surface area contributed by atoms with Gasteiger partial charge >= 0.3 is 0 Å². The second-order valence-electron chi connectivity index (χ2n) is 4.64. The van der Waals surface area contributed by atoms with Gasteiger partial charge in [0.2, 0.25) is 0 Å². The molecule has 0 N–H and O–H groups in total. The highest BCUT2D eigenvalue weighted by Crippen LogP contribution is 2.62. The maximum Gasteiger partial charge on any atom is 0.148 e. The number of rotatable bonds is 3. The number of ether oxygens (including phenoxy) is 4. The topological polar surface area (TPSA) is 36.9 Å². The molecule has 15 heavy (non-hydrogen) atoms. The third-order valence-electron chi connectivity index (χ3n) is 3.88. The van der Waals surface area contributed by atoms with Crippen LogP contribution in [0.4, 0.5) is 0 Å². The van der Waals surface area contributed by atoms with Crippen molar-refractivity contribution in [2.45, 2.75) is 42.3 Å². The molecule has 3 aliphatic rings. The Labute approximate surface area is 90.6 Å². The first-order valence-corrected chi connectivity index (χ1v) is 5.32. The van der Waals surface area contributed by atoms with E-state index in [-0.39, 0.29) is 17.8 Å². The van der Waals surface area contributed by atoms with Crippen molar-refractivity contribution in [1.82, 2.24) is 0 Å². The van der Waals surface area contributed by atoms with E-state index in [4.69, 9.17) is 26.8 Å². The molecule has 1 saturated carbocycles. The van der Waals surface area contributed by atoms with E-state index >= 15 is 0 Å². The van der Waals surface area contributed by atoms with Gasteiger partial charge in [0.05, 0.1) is 6.61 Å². The van der Waals surface area contributed by atoms with Gasteiger partial charge in [-0.05, 0) is 12.8 Å². The molecule has 0 aromatic heterocycles. The molecule has 2 radical (unpaired) electrons. The number of hydrogen-bond acceptors (Lipinski definition) is 4. The van der Waals surface area contributed by atoms with E-state index < -0.39 is 11.6 Å². The molecular formula is C10H15BO4. The van der Waals surface area contributed by atoms with E-state index in [0.717, 1.165) is 12.8 Å². The summed E-state index contributed by atoms with van der Waals surface area (Å²) in [5.74, 6) is 0. The van der Waals surface area contributed by atoms with Crippen LogP contribution in [0, 0.1) is 0 Å². The van der Waals surface area contributed by atoms with Crippen LogP contribution in [0.25, 0.3) is 0 Å². The first-order chi connectivity index (χ1) is 7.19. The van der Waals surface area contributed by atoms with Crippen LogP contribution in [0.1, 0.15) is 12.8 Å². The Hall–Kier alpha value is -0.0951. The van der Waals surface area contributed by atoms with Gasteiger partial charge in [0, 0.05) is 20.2 Å². The standard InChI is InChI=1S/C10H15BO4/c1-12-5-10-7(13-2)6(8(11)15-10)14-9(10)3-4-9/h6-8H,3-5H2,1-2H3/t6?,7-,8?,10?/m1/s1. The normalized spacial score (nSPS) is 50.1. The third-order valence-corrected chi connectivity index (χ3v) is 3.88. The molecule has 0 amide bonds. The van der Waals surface area contributed by atoms with Crippen molar-refractivity contribution in [1.29, 1.82) is 0 Å².